The molecule has 0 bridgehead atoms. The first-order chi connectivity index (χ1) is 13.8. The number of carbonyl (C=O) groups is 2. The molecule has 1 saturated heterocycles. The molecule has 1 fully saturated rings. The summed E-state index contributed by atoms with van der Waals surface area (Å²) in [5, 5.41) is 14.4. The van der Waals surface area contributed by atoms with Gasteiger partial charge < -0.3 is 15.3 Å². The molecule has 0 radical (unpaired) electrons. The standard InChI is InChI=1S/C22H24Cl2N2O3/c1-13(2)25-20(14-6-8-16(23)9-7-14)21(15-4-3-5-17(24)12-15)26-18(22(28)29)10-11-19(26)27/h3-9,12-13,18,20-21,25H,10-11H2,1-2H3,(H,28,29)/t18-,20-,21-/m0/s1. The van der Waals surface area contributed by atoms with Gasteiger partial charge in [0.05, 0.1) is 12.1 Å². The number of rotatable bonds is 7. The average Bonchev–Trinajstić information content (AvgIpc) is 3.03. The van der Waals surface area contributed by atoms with E-state index in [1.165, 1.54) is 4.90 Å². The normalized spacial score (nSPS) is 18.9. The molecule has 1 aliphatic rings. The van der Waals surface area contributed by atoms with Gasteiger partial charge in [0.2, 0.25) is 5.91 Å². The van der Waals surface area contributed by atoms with E-state index in [0.29, 0.717) is 16.5 Å². The van der Waals surface area contributed by atoms with E-state index >= 15 is 0 Å². The van der Waals surface area contributed by atoms with Gasteiger partial charge in [0.1, 0.15) is 6.04 Å². The molecule has 0 aromatic heterocycles. The molecule has 1 aliphatic heterocycles. The first-order valence-corrected chi connectivity index (χ1v) is 10.3. The van der Waals surface area contributed by atoms with Crippen LogP contribution in [-0.2, 0) is 9.59 Å². The van der Waals surface area contributed by atoms with E-state index in [4.69, 9.17) is 23.2 Å². The zero-order chi connectivity index (χ0) is 21.1. The molecule has 5 nitrogen and oxygen atoms in total. The Kier molecular flexibility index (Phi) is 6.83. The highest BCUT2D eigenvalue weighted by Crippen LogP contribution is 2.40. The number of amides is 1. The summed E-state index contributed by atoms with van der Waals surface area (Å²) < 4.78 is 0. The van der Waals surface area contributed by atoms with Crippen molar-refractivity contribution >= 4 is 35.1 Å². The molecule has 0 aliphatic carbocycles. The number of carboxylic acids is 1. The highest BCUT2D eigenvalue weighted by Gasteiger charge is 2.44. The number of hydrogen-bond acceptors (Lipinski definition) is 3. The molecule has 0 unspecified atom stereocenters. The summed E-state index contributed by atoms with van der Waals surface area (Å²) in [4.78, 5) is 26.3. The molecular weight excluding hydrogens is 411 g/mol. The third kappa shape index (κ3) is 4.92. The van der Waals surface area contributed by atoms with Crippen molar-refractivity contribution in [2.24, 2.45) is 0 Å². The quantitative estimate of drug-likeness (QED) is 0.653. The highest BCUT2D eigenvalue weighted by molar-refractivity contribution is 6.30. The van der Waals surface area contributed by atoms with Crippen molar-refractivity contribution in [3.63, 3.8) is 0 Å². The second kappa shape index (κ2) is 9.16. The first kappa shape index (κ1) is 21.6. The number of aliphatic carboxylic acids is 1. The predicted octanol–water partition coefficient (Wildman–Crippen LogP) is 4.85. The summed E-state index contributed by atoms with van der Waals surface area (Å²) in [5.74, 6) is -1.17. The minimum absolute atomic E-state index is 0.0957. The van der Waals surface area contributed by atoms with Crippen molar-refractivity contribution in [1.82, 2.24) is 10.2 Å². The van der Waals surface area contributed by atoms with Crippen LogP contribution in [-0.4, -0.2) is 34.0 Å². The fourth-order valence-corrected chi connectivity index (χ4v) is 4.22. The topological polar surface area (TPSA) is 69.6 Å². The minimum Gasteiger partial charge on any atom is -0.480 e. The number of halogens is 2. The molecular formula is C22H24Cl2N2O3. The smallest absolute Gasteiger partial charge is 0.326 e. The van der Waals surface area contributed by atoms with Crippen molar-refractivity contribution in [3.8, 4) is 0 Å². The molecule has 7 heteroatoms. The number of carboxylic acid groups (broad SMARTS) is 1. The van der Waals surface area contributed by atoms with Crippen molar-refractivity contribution in [2.45, 2.75) is 50.9 Å². The Morgan fingerprint density at radius 3 is 2.38 bits per heavy atom. The minimum atomic E-state index is -0.998. The number of hydrogen-bond donors (Lipinski definition) is 2. The number of likely N-dealkylation sites (tertiary alicyclic amines) is 1. The maximum atomic E-state index is 12.8. The van der Waals surface area contributed by atoms with E-state index in [1.807, 2.05) is 38.1 Å². The Hall–Kier alpha value is -2.08. The lowest BCUT2D eigenvalue weighted by molar-refractivity contribution is -0.148. The van der Waals surface area contributed by atoms with Gasteiger partial charge in [-0.3, -0.25) is 4.79 Å². The SMILES string of the molecule is CC(C)N[C@@H](c1ccc(Cl)cc1)[C@H](c1cccc(Cl)c1)N1C(=O)CC[C@H]1C(=O)O. The molecule has 154 valence electrons. The molecule has 3 atom stereocenters. The van der Waals surface area contributed by atoms with E-state index in [9.17, 15) is 14.7 Å². The molecule has 3 rings (SSSR count). The zero-order valence-electron chi connectivity index (χ0n) is 16.3. The highest BCUT2D eigenvalue weighted by atomic mass is 35.5. The van der Waals surface area contributed by atoms with E-state index in [2.05, 4.69) is 5.32 Å². The van der Waals surface area contributed by atoms with Crippen LogP contribution in [0.15, 0.2) is 48.5 Å². The predicted molar refractivity (Wildman–Crippen MR) is 114 cm³/mol. The molecule has 2 N–H and O–H groups in total. The number of carbonyl (C=O) groups excluding carboxylic acids is 1. The summed E-state index contributed by atoms with van der Waals surface area (Å²) >= 11 is 12.3. The summed E-state index contributed by atoms with van der Waals surface area (Å²) in [6.07, 6.45) is 0.503. The van der Waals surface area contributed by atoms with Crippen LogP contribution in [0.4, 0.5) is 0 Å². The van der Waals surface area contributed by atoms with Gasteiger partial charge in [-0.15, -0.1) is 0 Å². The Labute approximate surface area is 180 Å². The molecule has 0 spiro atoms. The molecule has 2 aromatic rings. The van der Waals surface area contributed by atoms with Gasteiger partial charge in [-0.05, 0) is 41.8 Å². The fraction of sp³-hybridized carbons (Fsp3) is 0.364. The number of nitrogens with one attached hydrogen (secondary N) is 1. The van der Waals surface area contributed by atoms with Gasteiger partial charge in [-0.25, -0.2) is 4.79 Å². The molecule has 0 saturated carbocycles. The van der Waals surface area contributed by atoms with Crippen LogP contribution in [0.25, 0.3) is 0 Å². The first-order valence-electron chi connectivity index (χ1n) is 9.59. The van der Waals surface area contributed by atoms with Gasteiger partial charge in [-0.2, -0.15) is 0 Å². The van der Waals surface area contributed by atoms with Gasteiger partial charge in [-0.1, -0.05) is 61.3 Å². The zero-order valence-corrected chi connectivity index (χ0v) is 17.8. The summed E-state index contributed by atoms with van der Waals surface area (Å²) in [6.45, 7) is 4.02. The van der Waals surface area contributed by atoms with Crippen molar-refractivity contribution in [2.75, 3.05) is 0 Å². The van der Waals surface area contributed by atoms with Crippen molar-refractivity contribution in [3.05, 3.63) is 69.7 Å². The van der Waals surface area contributed by atoms with E-state index in [1.54, 1.807) is 24.3 Å². The second-order valence-corrected chi connectivity index (χ2v) is 8.42. The number of benzene rings is 2. The average molecular weight is 435 g/mol. The Balaban J connectivity index is 2.16. The lowest BCUT2D eigenvalue weighted by atomic mass is 9.90. The van der Waals surface area contributed by atoms with Crippen LogP contribution in [0, 0.1) is 0 Å². The third-order valence-corrected chi connectivity index (χ3v) is 5.58. The lowest BCUT2D eigenvalue weighted by Gasteiger charge is -2.39. The van der Waals surface area contributed by atoms with E-state index in [-0.39, 0.29) is 24.4 Å². The van der Waals surface area contributed by atoms with Crippen LogP contribution < -0.4 is 5.32 Å². The molecule has 1 amide bonds. The van der Waals surface area contributed by atoms with Crippen LogP contribution >= 0.6 is 23.2 Å². The fourth-order valence-electron chi connectivity index (χ4n) is 3.90. The number of nitrogens with zero attached hydrogens (tertiary/aromatic N) is 1. The monoisotopic (exact) mass is 434 g/mol. The van der Waals surface area contributed by atoms with Crippen molar-refractivity contribution < 1.29 is 14.7 Å². The molecule has 2 aromatic carbocycles. The van der Waals surface area contributed by atoms with Gasteiger partial charge in [0.25, 0.3) is 0 Å². The largest absolute Gasteiger partial charge is 0.480 e. The second-order valence-electron chi connectivity index (χ2n) is 7.54. The van der Waals surface area contributed by atoms with Gasteiger partial charge >= 0.3 is 5.97 Å². The summed E-state index contributed by atoms with van der Waals surface area (Å²) in [7, 11) is 0. The van der Waals surface area contributed by atoms with Crippen LogP contribution in [0.2, 0.25) is 10.0 Å². The Morgan fingerprint density at radius 1 is 1.10 bits per heavy atom. The van der Waals surface area contributed by atoms with Crippen LogP contribution in [0.5, 0.6) is 0 Å². The maximum Gasteiger partial charge on any atom is 0.326 e. The third-order valence-electron chi connectivity index (χ3n) is 5.09. The lowest BCUT2D eigenvalue weighted by Crippen LogP contribution is -2.47. The Morgan fingerprint density at radius 2 is 1.79 bits per heavy atom. The van der Waals surface area contributed by atoms with E-state index in [0.717, 1.165) is 11.1 Å². The van der Waals surface area contributed by atoms with Gasteiger partial charge in [0, 0.05) is 22.5 Å². The Bertz CT molecular complexity index is 886. The molecule has 1 heterocycles. The van der Waals surface area contributed by atoms with Gasteiger partial charge in [0.15, 0.2) is 0 Å². The van der Waals surface area contributed by atoms with Crippen molar-refractivity contribution in [1.29, 1.82) is 0 Å². The summed E-state index contributed by atoms with van der Waals surface area (Å²) in [6, 6.07) is 13.0. The molecule has 29 heavy (non-hydrogen) atoms. The maximum absolute atomic E-state index is 12.8. The summed E-state index contributed by atoms with van der Waals surface area (Å²) in [5.41, 5.74) is 1.70. The van der Waals surface area contributed by atoms with E-state index < -0.39 is 18.1 Å². The van der Waals surface area contributed by atoms with Crippen LogP contribution in [0.1, 0.15) is 49.9 Å². The van der Waals surface area contributed by atoms with Crippen LogP contribution in [0.3, 0.4) is 0 Å².